The number of para-hydroxylation sites is 1. The smallest absolute Gasteiger partial charge is 0.241 e. The lowest BCUT2D eigenvalue weighted by Crippen LogP contribution is -2.44. The third-order valence-corrected chi connectivity index (χ3v) is 3.18. The van der Waals surface area contributed by atoms with Crippen LogP contribution in [0.25, 0.3) is 0 Å². The highest BCUT2D eigenvalue weighted by Crippen LogP contribution is 2.08. The molecule has 0 saturated carbocycles. The molecule has 0 radical (unpaired) electrons. The molecule has 1 amide bonds. The average Bonchev–Trinajstić information content (AvgIpc) is 2.43. The number of benzene rings is 1. The van der Waals surface area contributed by atoms with Gasteiger partial charge in [-0.1, -0.05) is 31.5 Å². The summed E-state index contributed by atoms with van der Waals surface area (Å²) in [5.41, 5.74) is 6.45. The normalized spacial score (nSPS) is 12.4. The first-order valence-electron chi connectivity index (χ1n) is 6.99. The predicted molar refractivity (Wildman–Crippen MR) is 80.1 cm³/mol. The van der Waals surface area contributed by atoms with Gasteiger partial charge in [0.25, 0.3) is 0 Å². The van der Waals surface area contributed by atoms with Crippen molar-refractivity contribution in [2.45, 2.75) is 32.7 Å². The average molecular weight is 263 g/mol. The minimum absolute atomic E-state index is 0.0238. The number of amides is 1. The Bertz CT molecular complexity index is 367. The maximum Gasteiger partial charge on any atom is 0.241 e. The number of carbonyl (C=O) groups excluding carboxylic acids is 1. The minimum atomic E-state index is -0.157. The van der Waals surface area contributed by atoms with Crippen molar-refractivity contribution in [3.63, 3.8) is 0 Å². The molecule has 0 aromatic heterocycles. The SMILES string of the molecule is CCCCN(CCN)C(C)C(=O)Nc1ccccc1. The van der Waals surface area contributed by atoms with Gasteiger partial charge in [-0.2, -0.15) is 0 Å². The van der Waals surface area contributed by atoms with Crippen LogP contribution in [0.5, 0.6) is 0 Å². The van der Waals surface area contributed by atoms with Crippen molar-refractivity contribution in [3.05, 3.63) is 30.3 Å². The van der Waals surface area contributed by atoms with Gasteiger partial charge in [0.2, 0.25) is 5.91 Å². The van der Waals surface area contributed by atoms with E-state index in [1.54, 1.807) is 0 Å². The van der Waals surface area contributed by atoms with Gasteiger partial charge in [0.1, 0.15) is 0 Å². The summed E-state index contributed by atoms with van der Waals surface area (Å²) >= 11 is 0. The molecule has 4 heteroatoms. The van der Waals surface area contributed by atoms with Crippen LogP contribution in [0, 0.1) is 0 Å². The Labute approximate surface area is 116 Å². The third kappa shape index (κ3) is 5.41. The molecule has 3 N–H and O–H groups in total. The quantitative estimate of drug-likeness (QED) is 0.755. The van der Waals surface area contributed by atoms with Crippen molar-refractivity contribution in [2.75, 3.05) is 25.0 Å². The van der Waals surface area contributed by atoms with Gasteiger partial charge in [-0.3, -0.25) is 9.69 Å². The Hall–Kier alpha value is -1.39. The highest BCUT2D eigenvalue weighted by Gasteiger charge is 2.20. The van der Waals surface area contributed by atoms with Crippen LogP contribution in [0.4, 0.5) is 5.69 Å². The van der Waals surface area contributed by atoms with Crippen LogP contribution >= 0.6 is 0 Å². The van der Waals surface area contributed by atoms with E-state index < -0.39 is 0 Å². The van der Waals surface area contributed by atoms with Crippen LogP contribution in [0.1, 0.15) is 26.7 Å². The standard InChI is InChI=1S/C15H25N3O/c1-3-4-11-18(12-10-16)13(2)15(19)17-14-8-6-5-7-9-14/h5-9,13H,3-4,10-12,16H2,1-2H3,(H,17,19). The van der Waals surface area contributed by atoms with Gasteiger partial charge >= 0.3 is 0 Å². The Morgan fingerprint density at radius 3 is 2.58 bits per heavy atom. The monoisotopic (exact) mass is 263 g/mol. The van der Waals surface area contributed by atoms with E-state index >= 15 is 0 Å². The van der Waals surface area contributed by atoms with Crippen molar-refractivity contribution in [1.82, 2.24) is 4.90 Å². The van der Waals surface area contributed by atoms with Crippen molar-refractivity contribution in [1.29, 1.82) is 0 Å². The van der Waals surface area contributed by atoms with Gasteiger partial charge in [0, 0.05) is 18.8 Å². The van der Waals surface area contributed by atoms with E-state index in [-0.39, 0.29) is 11.9 Å². The maximum absolute atomic E-state index is 12.2. The summed E-state index contributed by atoms with van der Waals surface area (Å²) in [6.45, 7) is 6.33. The fourth-order valence-corrected chi connectivity index (χ4v) is 1.96. The van der Waals surface area contributed by atoms with E-state index in [0.717, 1.165) is 31.6 Å². The molecule has 0 bridgehead atoms. The second-order valence-corrected chi connectivity index (χ2v) is 4.71. The number of nitrogens with two attached hydrogens (primary N) is 1. The molecule has 0 aliphatic heterocycles. The molecule has 0 aliphatic carbocycles. The summed E-state index contributed by atoms with van der Waals surface area (Å²) in [6.07, 6.45) is 2.21. The molecule has 1 aromatic carbocycles. The Morgan fingerprint density at radius 1 is 1.32 bits per heavy atom. The van der Waals surface area contributed by atoms with Gasteiger partial charge in [0.15, 0.2) is 0 Å². The zero-order chi connectivity index (χ0) is 14.1. The van der Waals surface area contributed by atoms with Crippen LogP contribution in [0.3, 0.4) is 0 Å². The molecule has 4 nitrogen and oxygen atoms in total. The van der Waals surface area contributed by atoms with Crippen molar-refractivity contribution in [3.8, 4) is 0 Å². The molecule has 0 heterocycles. The molecule has 19 heavy (non-hydrogen) atoms. The number of nitrogens with one attached hydrogen (secondary N) is 1. The summed E-state index contributed by atoms with van der Waals surface area (Å²) in [6, 6.07) is 9.38. The molecule has 1 aromatic rings. The van der Waals surface area contributed by atoms with E-state index in [9.17, 15) is 4.79 Å². The zero-order valence-corrected chi connectivity index (χ0v) is 11.9. The topological polar surface area (TPSA) is 58.4 Å². The molecule has 0 aliphatic rings. The Balaban J connectivity index is 2.57. The van der Waals surface area contributed by atoms with Gasteiger partial charge in [-0.15, -0.1) is 0 Å². The highest BCUT2D eigenvalue weighted by molar-refractivity contribution is 5.94. The lowest BCUT2D eigenvalue weighted by molar-refractivity contribution is -0.120. The van der Waals surface area contributed by atoms with Crippen LogP contribution < -0.4 is 11.1 Å². The molecule has 1 unspecified atom stereocenters. The first-order chi connectivity index (χ1) is 9.19. The number of hydrogen-bond donors (Lipinski definition) is 2. The summed E-state index contributed by atoms with van der Waals surface area (Å²) in [7, 11) is 0. The van der Waals surface area contributed by atoms with Crippen LogP contribution in [-0.4, -0.2) is 36.5 Å². The van der Waals surface area contributed by atoms with E-state index in [4.69, 9.17) is 5.73 Å². The second-order valence-electron chi connectivity index (χ2n) is 4.71. The first kappa shape index (κ1) is 15.7. The number of anilines is 1. The molecule has 106 valence electrons. The minimum Gasteiger partial charge on any atom is -0.329 e. The predicted octanol–water partition coefficient (Wildman–Crippen LogP) is 2.07. The van der Waals surface area contributed by atoms with E-state index in [0.29, 0.717) is 6.54 Å². The summed E-state index contributed by atoms with van der Waals surface area (Å²) in [4.78, 5) is 14.3. The van der Waals surface area contributed by atoms with E-state index in [2.05, 4.69) is 17.1 Å². The van der Waals surface area contributed by atoms with Crippen molar-refractivity contribution < 1.29 is 4.79 Å². The number of hydrogen-bond acceptors (Lipinski definition) is 3. The largest absolute Gasteiger partial charge is 0.329 e. The fraction of sp³-hybridized carbons (Fsp3) is 0.533. The molecule has 1 atom stereocenters. The lowest BCUT2D eigenvalue weighted by atomic mass is 10.2. The van der Waals surface area contributed by atoms with Gasteiger partial charge in [-0.25, -0.2) is 0 Å². The molecule has 0 spiro atoms. The van der Waals surface area contributed by atoms with Crippen LogP contribution in [0.15, 0.2) is 30.3 Å². The summed E-state index contributed by atoms with van der Waals surface area (Å²) in [5.74, 6) is 0.0238. The second kappa shape index (κ2) is 8.67. The van der Waals surface area contributed by atoms with Crippen molar-refractivity contribution in [2.24, 2.45) is 5.73 Å². The van der Waals surface area contributed by atoms with Gasteiger partial charge in [-0.05, 0) is 32.0 Å². The first-order valence-corrected chi connectivity index (χ1v) is 6.99. The zero-order valence-electron chi connectivity index (χ0n) is 11.9. The molecule has 1 rings (SSSR count). The third-order valence-electron chi connectivity index (χ3n) is 3.18. The number of carbonyl (C=O) groups is 1. The number of rotatable bonds is 8. The van der Waals surface area contributed by atoms with Gasteiger partial charge < -0.3 is 11.1 Å². The van der Waals surface area contributed by atoms with E-state index in [1.165, 1.54) is 0 Å². The maximum atomic E-state index is 12.2. The lowest BCUT2D eigenvalue weighted by Gasteiger charge is -2.27. The van der Waals surface area contributed by atoms with Crippen LogP contribution in [-0.2, 0) is 4.79 Å². The highest BCUT2D eigenvalue weighted by atomic mass is 16.2. The molecular formula is C15H25N3O. The van der Waals surface area contributed by atoms with E-state index in [1.807, 2.05) is 37.3 Å². The van der Waals surface area contributed by atoms with Crippen LogP contribution in [0.2, 0.25) is 0 Å². The number of nitrogens with zero attached hydrogens (tertiary/aromatic N) is 1. The summed E-state index contributed by atoms with van der Waals surface area (Å²) < 4.78 is 0. The van der Waals surface area contributed by atoms with Crippen molar-refractivity contribution >= 4 is 11.6 Å². The number of unbranched alkanes of at least 4 members (excludes halogenated alkanes) is 1. The molecule has 0 fully saturated rings. The Morgan fingerprint density at radius 2 is 2.00 bits per heavy atom. The fourth-order valence-electron chi connectivity index (χ4n) is 1.96. The Kier molecular flexibility index (Phi) is 7.15. The molecular weight excluding hydrogens is 238 g/mol. The van der Waals surface area contributed by atoms with Gasteiger partial charge in [0.05, 0.1) is 6.04 Å². The summed E-state index contributed by atoms with van der Waals surface area (Å²) in [5, 5.41) is 2.94. The molecule has 0 saturated heterocycles.